The highest BCUT2D eigenvalue weighted by Gasteiger charge is 2.25. The fraction of sp³-hybridized carbons (Fsp3) is 0.417. The summed E-state index contributed by atoms with van der Waals surface area (Å²) in [7, 11) is 0. The van der Waals surface area contributed by atoms with Crippen molar-refractivity contribution in [1.82, 2.24) is 4.98 Å². The Morgan fingerprint density at radius 1 is 1.39 bits per heavy atom. The smallest absolute Gasteiger partial charge is 0.303 e. The Morgan fingerprint density at radius 3 is 2.61 bits per heavy atom. The molecule has 18 heavy (non-hydrogen) atoms. The van der Waals surface area contributed by atoms with Crippen molar-refractivity contribution in [3.05, 3.63) is 23.4 Å². The molecule has 0 bridgehead atoms. The number of anilines is 1. The molecule has 1 aromatic heterocycles. The van der Waals surface area contributed by atoms with Gasteiger partial charge < -0.3 is 10.4 Å². The first-order chi connectivity index (χ1) is 8.28. The van der Waals surface area contributed by atoms with Crippen LogP contribution in [0.15, 0.2) is 18.2 Å². The van der Waals surface area contributed by atoms with E-state index in [0.29, 0.717) is 5.82 Å². The molecule has 0 aliphatic rings. The first-order valence-corrected chi connectivity index (χ1v) is 5.80. The highest BCUT2D eigenvalue weighted by atomic mass is 35.5. The van der Waals surface area contributed by atoms with E-state index in [-0.39, 0.29) is 23.9 Å². The Kier molecular flexibility index (Phi) is 4.67. The van der Waals surface area contributed by atoms with Crippen LogP contribution < -0.4 is 5.32 Å². The Bertz CT molecular complexity index is 460. The number of hydrogen-bond acceptors (Lipinski definition) is 3. The highest BCUT2D eigenvalue weighted by Crippen LogP contribution is 2.25. The number of carboxylic acids is 1. The molecule has 0 aliphatic heterocycles. The molecule has 0 aromatic carbocycles. The third kappa shape index (κ3) is 5.14. The SMILES string of the molecule is CC(C)(CC(=O)O)CC(=O)Nc1cccc(Cl)n1. The largest absolute Gasteiger partial charge is 0.481 e. The van der Waals surface area contributed by atoms with Crippen molar-refractivity contribution < 1.29 is 14.7 Å². The summed E-state index contributed by atoms with van der Waals surface area (Å²) in [6, 6.07) is 4.90. The van der Waals surface area contributed by atoms with Gasteiger partial charge in [0.2, 0.25) is 5.91 Å². The Hall–Kier alpha value is -1.62. The number of aliphatic carboxylic acids is 1. The molecule has 0 atom stereocenters. The van der Waals surface area contributed by atoms with Crippen molar-refractivity contribution in [2.45, 2.75) is 26.7 Å². The van der Waals surface area contributed by atoms with Gasteiger partial charge in [-0.1, -0.05) is 31.5 Å². The average molecular weight is 271 g/mol. The van der Waals surface area contributed by atoms with Gasteiger partial charge in [0.15, 0.2) is 0 Å². The molecule has 0 radical (unpaired) electrons. The van der Waals surface area contributed by atoms with Crippen LogP contribution in [0.2, 0.25) is 5.15 Å². The predicted octanol–water partition coefficient (Wildman–Crippen LogP) is 2.56. The van der Waals surface area contributed by atoms with E-state index >= 15 is 0 Å². The molecule has 0 unspecified atom stereocenters. The molecule has 1 aromatic rings. The van der Waals surface area contributed by atoms with E-state index in [1.54, 1.807) is 32.0 Å². The van der Waals surface area contributed by atoms with Crippen molar-refractivity contribution in [3.63, 3.8) is 0 Å². The zero-order valence-corrected chi connectivity index (χ0v) is 11.0. The van der Waals surface area contributed by atoms with Crippen LogP contribution in [0.25, 0.3) is 0 Å². The zero-order chi connectivity index (χ0) is 13.8. The van der Waals surface area contributed by atoms with Crippen LogP contribution in [0.5, 0.6) is 0 Å². The van der Waals surface area contributed by atoms with Crippen molar-refractivity contribution in [2.75, 3.05) is 5.32 Å². The molecule has 5 nitrogen and oxygen atoms in total. The number of amides is 1. The number of pyridine rings is 1. The van der Waals surface area contributed by atoms with Gasteiger partial charge in [-0.2, -0.15) is 0 Å². The maximum atomic E-state index is 11.7. The lowest BCUT2D eigenvalue weighted by Gasteiger charge is -2.21. The van der Waals surface area contributed by atoms with Crippen LogP contribution in [0.1, 0.15) is 26.7 Å². The lowest BCUT2D eigenvalue weighted by molar-refractivity contribution is -0.139. The molecular weight excluding hydrogens is 256 g/mol. The topological polar surface area (TPSA) is 79.3 Å². The first kappa shape index (κ1) is 14.4. The normalized spacial score (nSPS) is 11.1. The summed E-state index contributed by atoms with van der Waals surface area (Å²) < 4.78 is 0. The Labute approximate surface area is 110 Å². The summed E-state index contributed by atoms with van der Waals surface area (Å²) >= 11 is 5.69. The van der Waals surface area contributed by atoms with Crippen molar-refractivity contribution in [1.29, 1.82) is 0 Å². The fourth-order valence-electron chi connectivity index (χ4n) is 1.57. The van der Waals surface area contributed by atoms with Gasteiger partial charge in [0.05, 0.1) is 6.42 Å². The maximum absolute atomic E-state index is 11.7. The number of hydrogen-bond donors (Lipinski definition) is 2. The van der Waals surface area contributed by atoms with Gasteiger partial charge in [0, 0.05) is 6.42 Å². The quantitative estimate of drug-likeness (QED) is 0.806. The fourth-order valence-corrected chi connectivity index (χ4v) is 1.74. The van der Waals surface area contributed by atoms with Crippen LogP contribution in [0.3, 0.4) is 0 Å². The lowest BCUT2D eigenvalue weighted by atomic mass is 9.85. The molecule has 0 spiro atoms. The minimum absolute atomic E-state index is 0.0661. The van der Waals surface area contributed by atoms with E-state index in [1.807, 2.05) is 0 Å². The second-order valence-corrected chi connectivity index (χ2v) is 5.19. The van der Waals surface area contributed by atoms with Gasteiger partial charge in [-0.05, 0) is 17.5 Å². The van der Waals surface area contributed by atoms with Crippen LogP contribution in [-0.4, -0.2) is 22.0 Å². The Morgan fingerprint density at radius 2 is 2.06 bits per heavy atom. The van der Waals surface area contributed by atoms with Crippen LogP contribution >= 0.6 is 11.6 Å². The summed E-state index contributed by atoms with van der Waals surface area (Å²) in [5.74, 6) is -0.844. The number of halogens is 1. The number of nitrogens with one attached hydrogen (secondary N) is 1. The van der Waals surface area contributed by atoms with Crippen LogP contribution in [-0.2, 0) is 9.59 Å². The van der Waals surface area contributed by atoms with E-state index < -0.39 is 11.4 Å². The average Bonchev–Trinajstić information content (AvgIpc) is 2.13. The van der Waals surface area contributed by atoms with Gasteiger partial charge >= 0.3 is 5.97 Å². The summed E-state index contributed by atoms with van der Waals surface area (Å²) in [5.41, 5.74) is -0.603. The van der Waals surface area contributed by atoms with Gasteiger partial charge in [-0.25, -0.2) is 4.98 Å². The molecule has 1 heterocycles. The van der Waals surface area contributed by atoms with Crippen LogP contribution in [0.4, 0.5) is 5.82 Å². The van der Waals surface area contributed by atoms with E-state index in [4.69, 9.17) is 16.7 Å². The van der Waals surface area contributed by atoms with Gasteiger partial charge in [0.25, 0.3) is 0 Å². The standard InChI is InChI=1S/C12H15ClN2O3/c1-12(2,7-11(17)18)6-10(16)15-9-5-3-4-8(13)14-9/h3-5H,6-7H2,1-2H3,(H,17,18)(H,14,15,16). The summed E-state index contributed by atoms with van der Waals surface area (Å²) in [5, 5.41) is 11.6. The molecule has 0 saturated carbocycles. The van der Waals surface area contributed by atoms with E-state index in [9.17, 15) is 9.59 Å². The number of aromatic nitrogens is 1. The number of rotatable bonds is 5. The van der Waals surface area contributed by atoms with Crippen molar-refractivity contribution >= 4 is 29.3 Å². The minimum Gasteiger partial charge on any atom is -0.481 e. The molecule has 1 rings (SSSR count). The molecule has 0 saturated heterocycles. The molecular formula is C12H15ClN2O3. The maximum Gasteiger partial charge on any atom is 0.303 e. The van der Waals surface area contributed by atoms with Gasteiger partial charge in [-0.15, -0.1) is 0 Å². The number of carbonyl (C=O) groups excluding carboxylic acids is 1. The Balaban J connectivity index is 2.59. The molecule has 0 aliphatic carbocycles. The van der Waals surface area contributed by atoms with Crippen molar-refractivity contribution in [3.8, 4) is 0 Å². The number of nitrogens with zero attached hydrogens (tertiary/aromatic N) is 1. The van der Waals surface area contributed by atoms with Gasteiger partial charge in [-0.3, -0.25) is 9.59 Å². The van der Waals surface area contributed by atoms with Crippen molar-refractivity contribution in [2.24, 2.45) is 5.41 Å². The molecule has 1 amide bonds. The predicted molar refractivity (Wildman–Crippen MR) is 68.5 cm³/mol. The summed E-state index contributed by atoms with van der Waals surface area (Å²) in [6.45, 7) is 3.46. The van der Waals surface area contributed by atoms with E-state index in [2.05, 4.69) is 10.3 Å². The van der Waals surface area contributed by atoms with Gasteiger partial charge in [0.1, 0.15) is 11.0 Å². The number of carbonyl (C=O) groups is 2. The second kappa shape index (κ2) is 5.82. The monoisotopic (exact) mass is 270 g/mol. The molecule has 2 N–H and O–H groups in total. The van der Waals surface area contributed by atoms with E-state index in [0.717, 1.165) is 0 Å². The lowest BCUT2D eigenvalue weighted by Crippen LogP contribution is -2.25. The minimum atomic E-state index is -0.923. The molecule has 98 valence electrons. The third-order valence-electron chi connectivity index (χ3n) is 2.25. The highest BCUT2D eigenvalue weighted by molar-refractivity contribution is 6.29. The summed E-state index contributed by atoms with van der Waals surface area (Å²) in [6.07, 6.45) is 0.0386. The summed E-state index contributed by atoms with van der Waals surface area (Å²) in [4.78, 5) is 26.3. The van der Waals surface area contributed by atoms with E-state index in [1.165, 1.54) is 0 Å². The second-order valence-electron chi connectivity index (χ2n) is 4.81. The first-order valence-electron chi connectivity index (χ1n) is 5.43. The zero-order valence-electron chi connectivity index (χ0n) is 10.2. The molecule has 6 heteroatoms. The molecule has 0 fully saturated rings. The van der Waals surface area contributed by atoms with Crippen LogP contribution in [0, 0.1) is 5.41 Å². The third-order valence-corrected chi connectivity index (χ3v) is 2.46. The number of carboxylic acid groups (broad SMARTS) is 1.